The standard InChI is InChI=1S/C9H9N2O/c12-9-10-6-5-7-3-1-2-4-8(7)11-9/h2-4H,5-6H2,(H2,10,11,12). The maximum absolute atomic E-state index is 11.0. The quantitative estimate of drug-likeness (QED) is 0.589. The van der Waals surface area contributed by atoms with Crippen LogP contribution in [0.4, 0.5) is 10.5 Å². The Morgan fingerprint density at radius 1 is 1.50 bits per heavy atom. The number of carbonyl (C=O) groups excluding carboxylic acids is 1. The van der Waals surface area contributed by atoms with Gasteiger partial charge >= 0.3 is 6.03 Å². The van der Waals surface area contributed by atoms with Gasteiger partial charge in [-0.05, 0) is 30.2 Å². The summed E-state index contributed by atoms with van der Waals surface area (Å²) in [5.41, 5.74) is 2.03. The molecule has 1 radical (unpaired) electrons. The van der Waals surface area contributed by atoms with Crippen molar-refractivity contribution in [2.24, 2.45) is 0 Å². The van der Waals surface area contributed by atoms with Crippen LogP contribution in [-0.2, 0) is 6.42 Å². The zero-order valence-corrected chi connectivity index (χ0v) is 6.55. The molecule has 0 saturated heterocycles. The van der Waals surface area contributed by atoms with Crippen LogP contribution in [-0.4, -0.2) is 12.6 Å². The second kappa shape index (κ2) is 2.85. The fourth-order valence-corrected chi connectivity index (χ4v) is 1.27. The molecule has 0 unspecified atom stereocenters. The van der Waals surface area contributed by atoms with Crippen LogP contribution in [0, 0.1) is 6.07 Å². The van der Waals surface area contributed by atoms with Crippen molar-refractivity contribution in [3.8, 4) is 0 Å². The Balaban J connectivity index is 2.37. The van der Waals surface area contributed by atoms with Crippen LogP contribution in [0.3, 0.4) is 0 Å². The van der Waals surface area contributed by atoms with Gasteiger partial charge in [0.05, 0.1) is 0 Å². The molecular weight excluding hydrogens is 152 g/mol. The monoisotopic (exact) mass is 161 g/mol. The van der Waals surface area contributed by atoms with Crippen LogP contribution < -0.4 is 10.6 Å². The minimum atomic E-state index is -0.125. The molecule has 2 rings (SSSR count). The fraction of sp³-hybridized carbons (Fsp3) is 0.222. The molecule has 0 saturated carbocycles. The summed E-state index contributed by atoms with van der Waals surface area (Å²) in [5.74, 6) is 0. The number of amides is 2. The second-order valence-electron chi connectivity index (χ2n) is 2.71. The van der Waals surface area contributed by atoms with E-state index in [0.717, 1.165) is 17.7 Å². The number of hydrogen-bond donors (Lipinski definition) is 2. The van der Waals surface area contributed by atoms with Crippen molar-refractivity contribution >= 4 is 11.7 Å². The average molecular weight is 161 g/mol. The third kappa shape index (κ3) is 1.25. The van der Waals surface area contributed by atoms with Crippen molar-refractivity contribution in [3.63, 3.8) is 0 Å². The van der Waals surface area contributed by atoms with E-state index in [4.69, 9.17) is 0 Å². The lowest BCUT2D eigenvalue weighted by Gasteiger charge is -2.03. The molecule has 1 aliphatic rings. The molecule has 1 aromatic carbocycles. The summed E-state index contributed by atoms with van der Waals surface area (Å²) in [6.07, 6.45) is 0.866. The van der Waals surface area contributed by atoms with Gasteiger partial charge in [0.25, 0.3) is 0 Å². The first-order valence-corrected chi connectivity index (χ1v) is 3.90. The molecule has 12 heavy (non-hydrogen) atoms. The van der Waals surface area contributed by atoms with E-state index in [-0.39, 0.29) is 6.03 Å². The molecule has 0 bridgehead atoms. The number of carbonyl (C=O) groups is 1. The van der Waals surface area contributed by atoms with Gasteiger partial charge in [0.1, 0.15) is 0 Å². The first-order valence-electron chi connectivity index (χ1n) is 3.90. The molecule has 0 spiro atoms. The highest BCUT2D eigenvalue weighted by molar-refractivity contribution is 5.90. The Morgan fingerprint density at radius 3 is 3.33 bits per heavy atom. The van der Waals surface area contributed by atoms with E-state index >= 15 is 0 Å². The number of anilines is 1. The van der Waals surface area contributed by atoms with Gasteiger partial charge in [-0.3, -0.25) is 0 Å². The molecule has 2 amide bonds. The van der Waals surface area contributed by atoms with Crippen molar-refractivity contribution < 1.29 is 4.79 Å². The van der Waals surface area contributed by atoms with E-state index in [1.54, 1.807) is 6.07 Å². The summed E-state index contributed by atoms with van der Waals surface area (Å²) < 4.78 is 0. The van der Waals surface area contributed by atoms with Crippen molar-refractivity contribution in [3.05, 3.63) is 29.8 Å². The lowest BCUT2D eigenvalue weighted by Crippen LogP contribution is -2.27. The Hall–Kier alpha value is -1.51. The number of urea groups is 1. The fourth-order valence-electron chi connectivity index (χ4n) is 1.27. The summed E-state index contributed by atoms with van der Waals surface area (Å²) >= 11 is 0. The minimum absolute atomic E-state index is 0.125. The van der Waals surface area contributed by atoms with Crippen LogP contribution in [0.25, 0.3) is 0 Å². The van der Waals surface area contributed by atoms with E-state index in [0.29, 0.717) is 6.54 Å². The first kappa shape index (κ1) is 7.16. The zero-order chi connectivity index (χ0) is 8.39. The maximum atomic E-state index is 11.0. The molecule has 0 fully saturated rings. The number of hydrogen-bond acceptors (Lipinski definition) is 1. The molecule has 1 heterocycles. The minimum Gasteiger partial charge on any atom is -0.338 e. The van der Waals surface area contributed by atoms with E-state index in [2.05, 4.69) is 16.7 Å². The Morgan fingerprint density at radius 2 is 2.42 bits per heavy atom. The van der Waals surface area contributed by atoms with Crippen LogP contribution in [0.2, 0.25) is 0 Å². The van der Waals surface area contributed by atoms with Gasteiger partial charge < -0.3 is 10.6 Å². The van der Waals surface area contributed by atoms with E-state index in [1.165, 1.54) is 0 Å². The highest BCUT2D eigenvalue weighted by Gasteiger charge is 2.09. The summed E-state index contributed by atoms with van der Waals surface area (Å²) in [6.45, 7) is 0.691. The van der Waals surface area contributed by atoms with Gasteiger partial charge in [-0.2, -0.15) is 0 Å². The highest BCUT2D eigenvalue weighted by atomic mass is 16.2. The van der Waals surface area contributed by atoms with Crippen LogP contribution in [0.5, 0.6) is 0 Å². The van der Waals surface area contributed by atoms with E-state index in [9.17, 15) is 4.79 Å². The highest BCUT2D eigenvalue weighted by Crippen LogP contribution is 2.16. The molecule has 61 valence electrons. The Kier molecular flexibility index (Phi) is 1.70. The number of benzene rings is 1. The number of rotatable bonds is 0. The van der Waals surface area contributed by atoms with Crippen molar-refractivity contribution in [1.82, 2.24) is 5.32 Å². The summed E-state index contributed by atoms with van der Waals surface area (Å²) in [7, 11) is 0. The molecule has 0 aliphatic carbocycles. The predicted octanol–water partition coefficient (Wildman–Crippen LogP) is 1.16. The molecule has 1 aliphatic heterocycles. The lowest BCUT2D eigenvalue weighted by molar-refractivity contribution is 0.252. The Bertz CT molecular complexity index is 309. The smallest absolute Gasteiger partial charge is 0.319 e. The molecule has 3 nitrogen and oxygen atoms in total. The van der Waals surface area contributed by atoms with Gasteiger partial charge in [-0.1, -0.05) is 6.07 Å². The second-order valence-corrected chi connectivity index (χ2v) is 2.71. The number of fused-ring (bicyclic) bond motifs is 1. The summed E-state index contributed by atoms with van der Waals surface area (Å²) in [5, 5.41) is 5.48. The van der Waals surface area contributed by atoms with Crippen molar-refractivity contribution in [2.75, 3.05) is 11.9 Å². The SMILES string of the molecule is O=C1NCCc2c[c]ccc2N1. The van der Waals surface area contributed by atoms with Gasteiger partial charge in [0.2, 0.25) is 0 Å². The topological polar surface area (TPSA) is 41.1 Å². The lowest BCUT2D eigenvalue weighted by atomic mass is 10.1. The largest absolute Gasteiger partial charge is 0.338 e. The first-order chi connectivity index (χ1) is 5.86. The van der Waals surface area contributed by atoms with E-state index < -0.39 is 0 Å². The van der Waals surface area contributed by atoms with Gasteiger partial charge in [0.15, 0.2) is 0 Å². The molecular formula is C9H9N2O. The van der Waals surface area contributed by atoms with Crippen molar-refractivity contribution in [1.29, 1.82) is 0 Å². The molecule has 1 aromatic rings. The van der Waals surface area contributed by atoms with Gasteiger partial charge in [0, 0.05) is 12.2 Å². The van der Waals surface area contributed by atoms with Gasteiger partial charge in [-0.15, -0.1) is 0 Å². The van der Waals surface area contributed by atoms with Crippen LogP contribution in [0.1, 0.15) is 5.56 Å². The van der Waals surface area contributed by atoms with Crippen molar-refractivity contribution in [2.45, 2.75) is 6.42 Å². The third-order valence-electron chi connectivity index (χ3n) is 1.88. The molecule has 0 aromatic heterocycles. The van der Waals surface area contributed by atoms with Crippen LogP contribution in [0.15, 0.2) is 18.2 Å². The predicted molar refractivity (Wildman–Crippen MR) is 46.0 cm³/mol. The third-order valence-corrected chi connectivity index (χ3v) is 1.88. The zero-order valence-electron chi connectivity index (χ0n) is 6.55. The average Bonchev–Trinajstić information content (AvgIpc) is 2.25. The van der Waals surface area contributed by atoms with Crippen LogP contribution >= 0.6 is 0 Å². The summed E-state index contributed by atoms with van der Waals surface area (Å²) in [4.78, 5) is 11.0. The van der Waals surface area contributed by atoms with Gasteiger partial charge in [-0.25, -0.2) is 4.79 Å². The molecule has 0 atom stereocenters. The molecule has 3 heteroatoms. The maximum Gasteiger partial charge on any atom is 0.319 e. The molecule has 2 N–H and O–H groups in total. The number of nitrogens with one attached hydrogen (secondary N) is 2. The van der Waals surface area contributed by atoms with E-state index in [1.807, 2.05) is 12.1 Å². The normalized spacial score (nSPS) is 15.5. The summed E-state index contributed by atoms with van der Waals surface area (Å²) in [6, 6.07) is 8.42. The Labute approximate surface area is 70.8 Å².